The number of fused-ring (bicyclic) bond motifs is 3. The zero-order valence-electron chi connectivity index (χ0n) is 20.0. The number of benzene rings is 1. The van der Waals surface area contributed by atoms with Gasteiger partial charge in [0.05, 0.1) is 29.9 Å². The van der Waals surface area contributed by atoms with Gasteiger partial charge >= 0.3 is 0 Å². The van der Waals surface area contributed by atoms with Gasteiger partial charge in [0, 0.05) is 45.0 Å². The lowest BCUT2D eigenvalue weighted by atomic mass is 10.2. The molecular formula is C25H29N9O2. The first-order valence-corrected chi connectivity index (χ1v) is 12.1. The van der Waals surface area contributed by atoms with Crippen LogP contribution >= 0.6 is 0 Å². The zero-order valence-corrected chi connectivity index (χ0v) is 20.0. The summed E-state index contributed by atoms with van der Waals surface area (Å²) in [6, 6.07) is 13.9. The minimum atomic E-state index is 0.324. The van der Waals surface area contributed by atoms with Crippen molar-refractivity contribution >= 4 is 28.2 Å². The number of piperazine rings is 1. The van der Waals surface area contributed by atoms with Gasteiger partial charge in [-0.05, 0) is 42.5 Å². The number of ether oxygens (including phenoxy) is 1. The van der Waals surface area contributed by atoms with E-state index in [9.17, 15) is 0 Å². The summed E-state index contributed by atoms with van der Waals surface area (Å²) in [6.07, 6.45) is 3.47. The van der Waals surface area contributed by atoms with Gasteiger partial charge in [-0.1, -0.05) is 0 Å². The monoisotopic (exact) mass is 487 g/mol. The van der Waals surface area contributed by atoms with Crippen LogP contribution in [-0.4, -0.2) is 75.2 Å². The number of nitrogens with two attached hydrogens (primary N) is 2. The molecule has 0 bridgehead atoms. The number of hydrogen-bond acceptors (Lipinski definition) is 9. The molecule has 5 heterocycles. The summed E-state index contributed by atoms with van der Waals surface area (Å²) in [5.41, 5.74) is 15.3. The molecule has 0 aliphatic carbocycles. The number of rotatable bonds is 8. The summed E-state index contributed by atoms with van der Waals surface area (Å²) in [5.74, 6) is 1.87. The molecule has 36 heavy (non-hydrogen) atoms. The highest BCUT2D eigenvalue weighted by Crippen LogP contribution is 2.26. The molecule has 6 rings (SSSR count). The van der Waals surface area contributed by atoms with Crippen LogP contribution in [0.25, 0.3) is 28.0 Å². The molecule has 0 spiro atoms. The van der Waals surface area contributed by atoms with Gasteiger partial charge in [-0.15, -0.1) is 0 Å². The van der Waals surface area contributed by atoms with Gasteiger partial charge in [0.2, 0.25) is 5.95 Å². The van der Waals surface area contributed by atoms with E-state index in [4.69, 9.17) is 20.6 Å². The first kappa shape index (κ1) is 22.4. The Labute approximate surface area is 207 Å². The lowest BCUT2D eigenvalue weighted by Gasteiger charge is -2.36. The molecule has 4 aromatic heterocycles. The Morgan fingerprint density at radius 1 is 1.03 bits per heavy atom. The number of aromatic nitrogens is 5. The van der Waals surface area contributed by atoms with Gasteiger partial charge in [-0.2, -0.15) is 19.7 Å². The van der Waals surface area contributed by atoms with E-state index in [1.165, 1.54) is 5.69 Å². The van der Waals surface area contributed by atoms with Gasteiger partial charge in [0.25, 0.3) is 0 Å². The van der Waals surface area contributed by atoms with Crippen molar-refractivity contribution in [2.24, 2.45) is 5.73 Å². The molecule has 0 unspecified atom stereocenters. The van der Waals surface area contributed by atoms with E-state index in [1.807, 2.05) is 41.2 Å². The van der Waals surface area contributed by atoms with E-state index >= 15 is 0 Å². The molecule has 11 nitrogen and oxygen atoms in total. The second-order valence-electron chi connectivity index (χ2n) is 8.84. The third-order valence-electron chi connectivity index (χ3n) is 6.60. The van der Waals surface area contributed by atoms with Crippen LogP contribution < -0.4 is 21.1 Å². The Morgan fingerprint density at radius 3 is 2.61 bits per heavy atom. The Hall–Kier alpha value is -4.09. The number of nitrogen functional groups attached to an aromatic ring is 1. The minimum absolute atomic E-state index is 0.324. The number of hydrogen-bond donors (Lipinski definition) is 2. The van der Waals surface area contributed by atoms with Gasteiger partial charge in [-0.3, -0.25) is 4.90 Å². The van der Waals surface area contributed by atoms with Crippen LogP contribution in [0.3, 0.4) is 0 Å². The van der Waals surface area contributed by atoms with Gasteiger partial charge in [-0.25, -0.2) is 4.68 Å². The van der Waals surface area contributed by atoms with Crippen LogP contribution in [0.1, 0.15) is 0 Å². The molecule has 0 amide bonds. The topological polar surface area (TPSA) is 129 Å². The summed E-state index contributed by atoms with van der Waals surface area (Å²) >= 11 is 0. The molecule has 0 radical (unpaired) electrons. The van der Waals surface area contributed by atoms with Crippen molar-refractivity contribution in [1.82, 2.24) is 29.3 Å². The van der Waals surface area contributed by atoms with E-state index in [-0.39, 0.29) is 0 Å². The quantitative estimate of drug-likeness (QED) is 0.338. The highest BCUT2D eigenvalue weighted by atomic mass is 16.5. The van der Waals surface area contributed by atoms with Crippen LogP contribution in [0, 0.1) is 0 Å². The van der Waals surface area contributed by atoms with Gasteiger partial charge in [0.15, 0.2) is 11.4 Å². The van der Waals surface area contributed by atoms with Crippen molar-refractivity contribution < 1.29 is 9.15 Å². The lowest BCUT2D eigenvalue weighted by molar-refractivity contribution is 0.245. The van der Waals surface area contributed by atoms with Crippen molar-refractivity contribution in [2.75, 3.05) is 56.5 Å². The van der Waals surface area contributed by atoms with Crippen LogP contribution in [0.15, 0.2) is 59.3 Å². The number of anilines is 2. The maximum atomic E-state index is 6.25. The standard InChI is InChI=1S/C25H29N9O2/c26-7-15-35-19-5-3-18(4-6-19)32-11-8-31(9-12-32)10-13-33-24-20(17-28-33)22-16-21(23-2-1-14-36-23)30-34(22)25(27)29-24/h1-6,14,16-17H,7-13,15,26H2,(H2,27,29). The molecule has 1 aliphatic heterocycles. The maximum absolute atomic E-state index is 6.25. The fraction of sp³-hybridized carbons (Fsp3) is 0.320. The molecule has 1 saturated heterocycles. The predicted octanol–water partition coefficient (Wildman–Crippen LogP) is 2.08. The molecule has 11 heteroatoms. The van der Waals surface area contributed by atoms with Gasteiger partial charge < -0.3 is 25.5 Å². The van der Waals surface area contributed by atoms with Crippen LogP contribution in [0.5, 0.6) is 5.75 Å². The molecular weight excluding hydrogens is 458 g/mol. The highest BCUT2D eigenvalue weighted by molar-refractivity contribution is 5.93. The van der Waals surface area contributed by atoms with Gasteiger partial charge in [0.1, 0.15) is 18.1 Å². The smallest absolute Gasteiger partial charge is 0.223 e. The van der Waals surface area contributed by atoms with E-state index in [2.05, 4.69) is 37.1 Å². The molecule has 4 N–H and O–H groups in total. The maximum Gasteiger partial charge on any atom is 0.223 e. The average Bonchev–Trinajstić information content (AvgIpc) is 3.67. The Kier molecular flexibility index (Phi) is 5.91. The molecule has 1 fully saturated rings. The minimum Gasteiger partial charge on any atom is -0.492 e. The largest absolute Gasteiger partial charge is 0.492 e. The summed E-state index contributed by atoms with van der Waals surface area (Å²) in [7, 11) is 0. The molecule has 186 valence electrons. The number of furan rings is 1. The van der Waals surface area contributed by atoms with E-state index in [0.717, 1.165) is 61.6 Å². The van der Waals surface area contributed by atoms with E-state index < -0.39 is 0 Å². The van der Waals surface area contributed by atoms with Crippen molar-refractivity contribution in [3.63, 3.8) is 0 Å². The summed E-state index contributed by atoms with van der Waals surface area (Å²) in [4.78, 5) is 9.47. The first-order valence-electron chi connectivity index (χ1n) is 12.1. The molecule has 5 aromatic rings. The Bertz CT molecular complexity index is 1450. The SMILES string of the molecule is NCCOc1ccc(N2CCN(CCn3ncc4c3nc(N)n3nc(-c5ccco5)cc43)CC2)cc1. The normalized spacial score (nSPS) is 14.8. The second-order valence-corrected chi connectivity index (χ2v) is 8.84. The predicted molar refractivity (Wildman–Crippen MR) is 138 cm³/mol. The van der Waals surface area contributed by atoms with Crippen LogP contribution in [-0.2, 0) is 6.54 Å². The molecule has 1 aromatic carbocycles. The Morgan fingerprint density at radius 2 is 1.86 bits per heavy atom. The highest BCUT2D eigenvalue weighted by Gasteiger charge is 2.19. The zero-order chi connectivity index (χ0) is 24.5. The van der Waals surface area contributed by atoms with Crippen molar-refractivity contribution in [3.05, 3.63) is 54.9 Å². The summed E-state index contributed by atoms with van der Waals surface area (Å²) in [5, 5.41) is 10.1. The summed E-state index contributed by atoms with van der Waals surface area (Å²) in [6.45, 7) is 6.59. The van der Waals surface area contributed by atoms with Crippen LogP contribution in [0.2, 0.25) is 0 Å². The second kappa shape index (κ2) is 9.51. The fourth-order valence-electron chi connectivity index (χ4n) is 4.69. The van der Waals surface area contributed by atoms with E-state index in [0.29, 0.717) is 30.6 Å². The number of nitrogens with zero attached hydrogens (tertiary/aromatic N) is 7. The third kappa shape index (κ3) is 4.23. The molecule has 1 aliphatic rings. The van der Waals surface area contributed by atoms with E-state index in [1.54, 1.807) is 10.8 Å². The van der Waals surface area contributed by atoms with Crippen LogP contribution in [0.4, 0.5) is 11.6 Å². The first-order chi connectivity index (χ1) is 17.7. The molecule has 0 atom stereocenters. The molecule has 0 saturated carbocycles. The Balaban J connectivity index is 1.11. The fourth-order valence-corrected chi connectivity index (χ4v) is 4.69. The van der Waals surface area contributed by atoms with Crippen molar-refractivity contribution in [2.45, 2.75) is 6.54 Å². The third-order valence-corrected chi connectivity index (χ3v) is 6.60. The average molecular weight is 488 g/mol. The lowest BCUT2D eigenvalue weighted by Crippen LogP contribution is -2.47. The van der Waals surface area contributed by atoms with Crippen molar-refractivity contribution in [1.29, 1.82) is 0 Å². The summed E-state index contributed by atoms with van der Waals surface area (Å²) < 4.78 is 14.6. The van der Waals surface area contributed by atoms with Crippen molar-refractivity contribution in [3.8, 4) is 17.2 Å².